The number of nitrogens with one attached hydrogen (secondary N) is 1. The molecule has 0 unspecified atom stereocenters. The van der Waals surface area contributed by atoms with Crippen molar-refractivity contribution in [1.82, 2.24) is 0 Å². The molecule has 0 amide bonds. The fraction of sp³-hybridized carbons (Fsp3) is 0.118. The van der Waals surface area contributed by atoms with Crippen molar-refractivity contribution >= 4 is 33.7 Å². The minimum Gasteiger partial charge on any atom is -0.478 e. The third-order valence-electron chi connectivity index (χ3n) is 2.96. The van der Waals surface area contributed by atoms with Gasteiger partial charge in [-0.2, -0.15) is 0 Å². The summed E-state index contributed by atoms with van der Waals surface area (Å²) in [5, 5.41) is 12.0. The molecule has 0 bridgehead atoms. The summed E-state index contributed by atoms with van der Waals surface area (Å²) >= 11 is 3.42. The van der Waals surface area contributed by atoms with Crippen LogP contribution < -0.4 is 5.32 Å². The first kappa shape index (κ1) is 15.3. The first-order valence-corrected chi connectivity index (χ1v) is 7.42. The Kier molecular flexibility index (Phi) is 5.58. The summed E-state index contributed by atoms with van der Waals surface area (Å²) in [6.07, 6.45) is 3.66. The molecule has 21 heavy (non-hydrogen) atoms. The van der Waals surface area contributed by atoms with Crippen molar-refractivity contribution in [1.29, 1.82) is 0 Å². The predicted octanol–water partition coefficient (Wildman–Crippen LogP) is 4.20. The molecule has 2 N–H and O–H groups in total. The lowest BCUT2D eigenvalue weighted by molar-refractivity contribution is -0.131. The zero-order valence-electron chi connectivity index (χ0n) is 11.4. The van der Waals surface area contributed by atoms with Gasteiger partial charge in [0.05, 0.1) is 0 Å². The Morgan fingerprint density at radius 2 is 1.95 bits per heavy atom. The Bertz CT molecular complexity index is 635. The second-order valence-corrected chi connectivity index (χ2v) is 5.52. The molecule has 0 atom stereocenters. The van der Waals surface area contributed by atoms with Gasteiger partial charge in [-0.1, -0.05) is 40.2 Å². The number of halogens is 1. The van der Waals surface area contributed by atoms with Gasteiger partial charge in [-0.05, 0) is 47.9 Å². The first-order chi connectivity index (χ1) is 10.1. The molecule has 0 aliphatic rings. The van der Waals surface area contributed by atoms with Gasteiger partial charge >= 0.3 is 5.97 Å². The molecule has 3 nitrogen and oxygen atoms in total. The summed E-state index contributed by atoms with van der Waals surface area (Å²) < 4.78 is 1.08. The van der Waals surface area contributed by atoms with Crippen molar-refractivity contribution in [3.05, 3.63) is 70.2 Å². The monoisotopic (exact) mass is 345 g/mol. The van der Waals surface area contributed by atoms with Crippen LogP contribution in [0.2, 0.25) is 0 Å². The maximum absolute atomic E-state index is 10.5. The molecule has 0 heterocycles. The molecule has 108 valence electrons. The van der Waals surface area contributed by atoms with Crippen LogP contribution in [0.25, 0.3) is 6.08 Å². The van der Waals surface area contributed by atoms with Gasteiger partial charge in [-0.15, -0.1) is 0 Å². The number of rotatable bonds is 6. The van der Waals surface area contributed by atoms with Gasteiger partial charge in [0, 0.05) is 22.8 Å². The quantitative estimate of drug-likeness (QED) is 0.771. The van der Waals surface area contributed by atoms with Crippen LogP contribution in [0.4, 0.5) is 5.69 Å². The number of aliphatic carboxylic acids is 1. The van der Waals surface area contributed by atoms with E-state index in [9.17, 15) is 4.79 Å². The second-order valence-electron chi connectivity index (χ2n) is 4.60. The minimum atomic E-state index is -0.941. The number of carboxylic acid groups (broad SMARTS) is 1. The molecular formula is C17H16BrNO2. The Morgan fingerprint density at radius 3 is 2.67 bits per heavy atom. The number of benzene rings is 2. The Balaban J connectivity index is 1.89. The SMILES string of the molecule is O=C(O)C=Cc1cccc(NCCc2ccc(Br)cc2)c1. The Morgan fingerprint density at radius 1 is 1.19 bits per heavy atom. The lowest BCUT2D eigenvalue weighted by atomic mass is 10.1. The van der Waals surface area contributed by atoms with Crippen LogP contribution >= 0.6 is 15.9 Å². The molecule has 0 radical (unpaired) electrons. The van der Waals surface area contributed by atoms with E-state index in [1.54, 1.807) is 6.08 Å². The van der Waals surface area contributed by atoms with E-state index in [-0.39, 0.29) is 0 Å². The average Bonchev–Trinajstić information content (AvgIpc) is 2.48. The van der Waals surface area contributed by atoms with Gasteiger partial charge in [0.2, 0.25) is 0 Å². The molecule has 0 saturated carbocycles. The molecular weight excluding hydrogens is 330 g/mol. The smallest absolute Gasteiger partial charge is 0.328 e. The summed E-state index contributed by atoms with van der Waals surface area (Å²) in [6, 6.07) is 15.9. The van der Waals surface area contributed by atoms with E-state index < -0.39 is 5.97 Å². The standard InChI is InChI=1S/C17H16BrNO2/c18-15-7-4-13(5-8-15)10-11-19-16-3-1-2-14(12-16)6-9-17(20)21/h1-9,12,19H,10-11H2,(H,20,21). The van der Waals surface area contributed by atoms with E-state index in [1.807, 2.05) is 36.4 Å². The van der Waals surface area contributed by atoms with Crippen molar-refractivity contribution < 1.29 is 9.90 Å². The van der Waals surface area contributed by atoms with Crippen LogP contribution in [0.15, 0.2) is 59.1 Å². The molecule has 2 rings (SSSR count). The van der Waals surface area contributed by atoms with Gasteiger partial charge in [-0.25, -0.2) is 4.79 Å². The minimum absolute atomic E-state index is 0.827. The molecule has 0 fully saturated rings. The van der Waals surface area contributed by atoms with E-state index in [0.29, 0.717) is 0 Å². The molecule has 0 aliphatic heterocycles. The summed E-state index contributed by atoms with van der Waals surface area (Å²) in [6.45, 7) is 0.827. The Hall–Kier alpha value is -2.07. The highest BCUT2D eigenvalue weighted by Gasteiger charge is 1.96. The molecule has 2 aromatic carbocycles. The van der Waals surface area contributed by atoms with Crippen LogP contribution in [0.1, 0.15) is 11.1 Å². The van der Waals surface area contributed by atoms with Crippen LogP contribution in [0.5, 0.6) is 0 Å². The van der Waals surface area contributed by atoms with E-state index in [2.05, 4.69) is 33.4 Å². The molecule has 0 aliphatic carbocycles. The van der Waals surface area contributed by atoms with E-state index in [4.69, 9.17) is 5.11 Å². The highest BCUT2D eigenvalue weighted by atomic mass is 79.9. The maximum atomic E-state index is 10.5. The summed E-state index contributed by atoms with van der Waals surface area (Å²) in [5.41, 5.74) is 3.12. The van der Waals surface area contributed by atoms with Gasteiger partial charge < -0.3 is 10.4 Å². The van der Waals surface area contributed by atoms with Crippen LogP contribution in [0.3, 0.4) is 0 Å². The van der Waals surface area contributed by atoms with Crippen molar-refractivity contribution in [3.63, 3.8) is 0 Å². The summed E-state index contributed by atoms with van der Waals surface area (Å²) in [7, 11) is 0. The van der Waals surface area contributed by atoms with Gasteiger partial charge in [-0.3, -0.25) is 0 Å². The normalized spacial score (nSPS) is 10.7. The van der Waals surface area contributed by atoms with Crippen LogP contribution in [0, 0.1) is 0 Å². The van der Waals surface area contributed by atoms with Gasteiger partial charge in [0.1, 0.15) is 0 Å². The number of hydrogen-bond donors (Lipinski definition) is 2. The van der Waals surface area contributed by atoms with Crippen molar-refractivity contribution in [2.45, 2.75) is 6.42 Å². The van der Waals surface area contributed by atoms with Crippen molar-refractivity contribution in [2.75, 3.05) is 11.9 Å². The summed E-state index contributed by atoms with van der Waals surface area (Å²) in [5.74, 6) is -0.941. The fourth-order valence-electron chi connectivity index (χ4n) is 1.92. The lowest BCUT2D eigenvalue weighted by Gasteiger charge is -2.07. The fourth-order valence-corrected chi connectivity index (χ4v) is 2.19. The average molecular weight is 346 g/mol. The topological polar surface area (TPSA) is 49.3 Å². The first-order valence-electron chi connectivity index (χ1n) is 6.63. The highest BCUT2D eigenvalue weighted by Crippen LogP contribution is 2.13. The van der Waals surface area contributed by atoms with E-state index in [1.165, 1.54) is 5.56 Å². The van der Waals surface area contributed by atoms with Gasteiger partial charge in [0.15, 0.2) is 0 Å². The van der Waals surface area contributed by atoms with Crippen molar-refractivity contribution in [2.24, 2.45) is 0 Å². The van der Waals surface area contributed by atoms with Crippen LogP contribution in [-0.4, -0.2) is 17.6 Å². The highest BCUT2D eigenvalue weighted by molar-refractivity contribution is 9.10. The predicted molar refractivity (Wildman–Crippen MR) is 89.4 cm³/mol. The molecule has 0 spiro atoms. The van der Waals surface area contributed by atoms with Crippen LogP contribution in [-0.2, 0) is 11.2 Å². The zero-order chi connectivity index (χ0) is 15.1. The molecule has 0 saturated heterocycles. The van der Waals surface area contributed by atoms with E-state index in [0.717, 1.165) is 34.8 Å². The summed E-state index contributed by atoms with van der Waals surface area (Å²) in [4.78, 5) is 10.5. The second kappa shape index (κ2) is 7.64. The maximum Gasteiger partial charge on any atom is 0.328 e. The van der Waals surface area contributed by atoms with Gasteiger partial charge in [0.25, 0.3) is 0 Å². The Labute approximate surface area is 132 Å². The van der Waals surface area contributed by atoms with Crippen molar-refractivity contribution in [3.8, 4) is 0 Å². The number of anilines is 1. The largest absolute Gasteiger partial charge is 0.478 e. The third-order valence-corrected chi connectivity index (χ3v) is 3.49. The zero-order valence-corrected chi connectivity index (χ0v) is 13.0. The lowest BCUT2D eigenvalue weighted by Crippen LogP contribution is -2.04. The molecule has 2 aromatic rings. The molecule has 0 aromatic heterocycles. The number of carboxylic acids is 1. The number of hydrogen-bond acceptors (Lipinski definition) is 2. The third kappa shape index (κ3) is 5.44. The van der Waals surface area contributed by atoms with E-state index >= 15 is 0 Å². The number of carbonyl (C=O) groups is 1. The molecule has 4 heteroatoms.